The number of ether oxygens (including phenoxy) is 1. The van der Waals surface area contributed by atoms with Crippen molar-refractivity contribution < 1.29 is 13.2 Å². The van der Waals surface area contributed by atoms with Crippen LogP contribution in [-0.4, -0.2) is 33.1 Å². The maximum atomic E-state index is 11.0. The van der Waals surface area contributed by atoms with Gasteiger partial charge in [-0.1, -0.05) is 6.92 Å². The molecule has 0 bridgehead atoms. The fraction of sp³-hybridized carbons (Fsp3) is 0.500. The fourth-order valence-corrected chi connectivity index (χ4v) is 1.61. The molecule has 0 radical (unpaired) electrons. The van der Waals surface area contributed by atoms with Gasteiger partial charge in [-0.15, -0.1) is 0 Å². The summed E-state index contributed by atoms with van der Waals surface area (Å²) in [6.07, 6.45) is 2.26. The second-order valence-corrected chi connectivity index (χ2v) is 5.04. The number of primary sulfonamides is 1. The molecule has 6 nitrogen and oxygen atoms in total. The second-order valence-electron chi connectivity index (χ2n) is 3.48. The van der Waals surface area contributed by atoms with Gasteiger partial charge in [0.05, 0.1) is 6.20 Å². The quantitative estimate of drug-likeness (QED) is 0.678. The predicted molar refractivity (Wildman–Crippen MR) is 64.3 cm³/mol. The van der Waals surface area contributed by atoms with Crippen molar-refractivity contribution in [3.63, 3.8) is 0 Å². The van der Waals surface area contributed by atoms with E-state index in [2.05, 4.69) is 17.2 Å². The summed E-state index contributed by atoms with van der Waals surface area (Å²) in [7, 11) is -3.68. The Morgan fingerprint density at radius 3 is 2.71 bits per heavy atom. The number of aromatic nitrogens is 1. The van der Waals surface area contributed by atoms with Crippen LogP contribution in [0.1, 0.15) is 13.3 Å². The minimum absolute atomic E-state index is 0.0195. The average Bonchev–Trinajstić information content (AvgIpc) is 2.28. The van der Waals surface area contributed by atoms with Gasteiger partial charge in [0.25, 0.3) is 0 Å². The largest absolute Gasteiger partial charge is 0.476 e. The minimum atomic E-state index is -3.68. The first-order valence-corrected chi connectivity index (χ1v) is 6.91. The maximum absolute atomic E-state index is 11.0. The van der Waals surface area contributed by atoms with Crippen molar-refractivity contribution in [2.75, 3.05) is 19.7 Å². The molecule has 0 atom stereocenters. The molecule has 0 fully saturated rings. The lowest BCUT2D eigenvalue weighted by Gasteiger charge is -2.06. The van der Waals surface area contributed by atoms with E-state index in [0.29, 0.717) is 12.5 Å². The topological polar surface area (TPSA) is 94.3 Å². The molecular weight excluding hydrogens is 242 g/mol. The van der Waals surface area contributed by atoms with E-state index in [4.69, 9.17) is 9.88 Å². The molecule has 0 saturated carbocycles. The van der Waals surface area contributed by atoms with Crippen molar-refractivity contribution >= 4 is 10.0 Å². The molecule has 0 aromatic carbocycles. The first kappa shape index (κ1) is 13.9. The lowest BCUT2D eigenvalue weighted by molar-refractivity contribution is 0.302. The predicted octanol–water partition coefficient (Wildman–Crippen LogP) is 0.107. The minimum Gasteiger partial charge on any atom is -0.476 e. The van der Waals surface area contributed by atoms with Crippen LogP contribution in [0.3, 0.4) is 0 Å². The van der Waals surface area contributed by atoms with Gasteiger partial charge < -0.3 is 10.1 Å². The Kier molecular flexibility index (Phi) is 5.33. The summed E-state index contributed by atoms with van der Waals surface area (Å²) in [5.41, 5.74) is 0. The molecule has 7 heteroatoms. The molecule has 1 heterocycles. The zero-order valence-electron chi connectivity index (χ0n) is 9.72. The lowest BCUT2D eigenvalue weighted by atomic mass is 10.5. The molecule has 0 spiro atoms. The van der Waals surface area contributed by atoms with E-state index in [1.165, 1.54) is 18.3 Å². The number of hydrogen-bond acceptors (Lipinski definition) is 5. The maximum Gasteiger partial charge on any atom is 0.239 e. The fourth-order valence-electron chi connectivity index (χ4n) is 1.15. The number of hydrogen-bond donors (Lipinski definition) is 2. The number of rotatable bonds is 7. The Labute approximate surface area is 101 Å². The zero-order chi connectivity index (χ0) is 12.7. The van der Waals surface area contributed by atoms with E-state index in [9.17, 15) is 8.42 Å². The second kappa shape index (κ2) is 6.53. The van der Waals surface area contributed by atoms with Crippen LogP contribution < -0.4 is 15.2 Å². The van der Waals surface area contributed by atoms with Crippen LogP contribution in [0.4, 0.5) is 0 Å². The van der Waals surface area contributed by atoms with Crippen molar-refractivity contribution in [2.24, 2.45) is 5.14 Å². The van der Waals surface area contributed by atoms with Crippen molar-refractivity contribution in [3.05, 3.63) is 18.3 Å². The van der Waals surface area contributed by atoms with Gasteiger partial charge in [-0.2, -0.15) is 0 Å². The Morgan fingerprint density at radius 1 is 1.41 bits per heavy atom. The van der Waals surface area contributed by atoms with Crippen LogP contribution in [0.5, 0.6) is 5.88 Å². The molecule has 1 rings (SSSR count). The van der Waals surface area contributed by atoms with E-state index < -0.39 is 10.0 Å². The van der Waals surface area contributed by atoms with Gasteiger partial charge in [-0.25, -0.2) is 18.5 Å². The molecular formula is C10H17N3O3S. The van der Waals surface area contributed by atoms with Crippen molar-refractivity contribution in [3.8, 4) is 5.88 Å². The van der Waals surface area contributed by atoms with Gasteiger partial charge in [0.15, 0.2) is 0 Å². The van der Waals surface area contributed by atoms with E-state index in [1.807, 2.05) is 0 Å². The number of sulfonamides is 1. The third-order valence-corrected chi connectivity index (χ3v) is 2.89. The van der Waals surface area contributed by atoms with Crippen molar-refractivity contribution in [1.29, 1.82) is 0 Å². The molecule has 0 saturated heterocycles. The Morgan fingerprint density at radius 2 is 2.18 bits per heavy atom. The average molecular weight is 259 g/mol. The van der Waals surface area contributed by atoms with Crippen LogP contribution in [0, 0.1) is 0 Å². The number of nitrogens with one attached hydrogen (secondary N) is 1. The number of nitrogens with two attached hydrogens (primary N) is 1. The highest BCUT2D eigenvalue weighted by atomic mass is 32.2. The highest BCUT2D eigenvalue weighted by Gasteiger charge is 2.07. The van der Waals surface area contributed by atoms with Crippen LogP contribution in [0.2, 0.25) is 0 Å². The number of nitrogens with zero attached hydrogens (tertiary/aromatic N) is 1. The first-order valence-electron chi connectivity index (χ1n) is 5.36. The zero-order valence-corrected chi connectivity index (χ0v) is 10.5. The molecule has 0 unspecified atom stereocenters. The highest BCUT2D eigenvalue weighted by Crippen LogP contribution is 2.10. The van der Waals surface area contributed by atoms with Crippen LogP contribution in [-0.2, 0) is 10.0 Å². The molecule has 1 aromatic rings. The third kappa shape index (κ3) is 5.12. The summed E-state index contributed by atoms with van der Waals surface area (Å²) in [5, 5.41) is 8.12. The standard InChI is InChI=1S/C10H17N3O3S/c1-2-5-12-6-7-16-10-4-3-9(8-13-10)17(11,14)15/h3-4,8,12H,2,5-7H2,1H3,(H2,11,14,15). The smallest absolute Gasteiger partial charge is 0.239 e. The third-order valence-electron chi connectivity index (χ3n) is 1.99. The molecule has 0 aliphatic rings. The highest BCUT2D eigenvalue weighted by molar-refractivity contribution is 7.89. The van der Waals surface area contributed by atoms with E-state index in [0.717, 1.165) is 19.5 Å². The van der Waals surface area contributed by atoms with Crippen LogP contribution in [0.25, 0.3) is 0 Å². The molecule has 0 aliphatic carbocycles. The van der Waals surface area contributed by atoms with Gasteiger partial charge in [0.1, 0.15) is 11.5 Å². The summed E-state index contributed by atoms with van der Waals surface area (Å²) in [6.45, 7) is 4.25. The van der Waals surface area contributed by atoms with Gasteiger partial charge in [0, 0.05) is 12.6 Å². The summed E-state index contributed by atoms with van der Waals surface area (Å²) in [5.74, 6) is 0.385. The van der Waals surface area contributed by atoms with Gasteiger partial charge in [-0.05, 0) is 19.0 Å². The van der Waals surface area contributed by atoms with E-state index >= 15 is 0 Å². The molecule has 0 amide bonds. The van der Waals surface area contributed by atoms with Gasteiger partial charge >= 0.3 is 0 Å². The molecule has 1 aromatic heterocycles. The summed E-state index contributed by atoms with van der Waals surface area (Å²) in [6, 6.07) is 2.86. The monoisotopic (exact) mass is 259 g/mol. The Balaban J connectivity index is 2.41. The van der Waals surface area contributed by atoms with E-state index in [-0.39, 0.29) is 4.90 Å². The Bertz CT molecular complexity index is 431. The van der Waals surface area contributed by atoms with Crippen molar-refractivity contribution in [2.45, 2.75) is 18.2 Å². The molecule has 96 valence electrons. The number of pyridine rings is 1. The first-order chi connectivity index (χ1) is 8.04. The van der Waals surface area contributed by atoms with Crippen molar-refractivity contribution in [1.82, 2.24) is 10.3 Å². The summed E-state index contributed by atoms with van der Waals surface area (Å²) in [4.78, 5) is 3.83. The SMILES string of the molecule is CCCNCCOc1ccc(S(N)(=O)=O)cn1. The van der Waals surface area contributed by atoms with Gasteiger partial charge in [-0.3, -0.25) is 0 Å². The molecule has 0 aliphatic heterocycles. The Hall–Kier alpha value is -1.18. The molecule has 17 heavy (non-hydrogen) atoms. The summed E-state index contributed by atoms with van der Waals surface area (Å²) >= 11 is 0. The normalized spacial score (nSPS) is 11.4. The van der Waals surface area contributed by atoms with E-state index in [1.54, 1.807) is 0 Å². The van der Waals surface area contributed by atoms with Crippen LogP contribution in [0.15, 0.2) is 23.2 Å². The lowest BCUT2D eigenvalue weighted by Crippen LogP contribution is -2.21. The summed E-state index contributed by atoms with van der Waals surface area (Å²) < 4.78 is 27.2. The van der Waals surface area contributed by atoms with Crippen LogP contribution >= 0.6 is 0 Å². The van der Waals surface area contributed by atoms with Gasteiger partial charge in [0.2, 0.25) is 15.9 Å². The molecule has 3 N–H and O–H groups in total.